The third kappa shape index (κ3) is 4.25. The first kappa shape index (κ1) is 17.6. The zero-order chi connectivity index (χ0) is 18.5. The van der Waals surface area contributed by atoms with Crippen LogP contribution < -0.4 is 10.6 Å². The van der Waals surface area contributed by atoms with Crippen LogP contribution in [0.2, 0.25) is 0 Å². The average Bonchev–Trinajstić information content (AvgIpc) is 2.64. The van der Waals surface area contributed by atoms with Crippen molar-refractivity contribution in [1.29, 1.82) is 0 Å². The van der Waals surface area contributed by atoms with Gasteiger partial charge in [-0.2, -0.15) is 0 Å². The standard InChI is InChI=1S/C21H20FN3O/c1-14(2)19-5-3-4-6-20(19)25-21(26)15-11-18(13-23-12-15)24-17-9-7-16(22)8-10-17/h3-14,24H,1-2H3,(H,25,26). The van der Waals surface area contributed by atoms with Gasteiger partial charge >= 0.3 is 0 Å². The van der Waals surface area contributed by atoms with Gasteiger partial charge in [-0.3, -0.25) is 9.78 Å². The van der Waals surface area contributed by atoms with Gasteiger partial charge in [0.15, 0.2) is 0 Å². The van der Waals surface area contributed by atoms with Gasteiger partial charge in [0.2, 0.25) is 0 Å². The molecule has 0 saturated heterocycles. The van der Waals surface area contributed by atoms with E-state index in [0.717, 1.165) is 16.9 Å². The molecule has 3 rings (SSSR count). The molecular formula is C21H20FN3O. The third-order valence-electron chi connectivity index (χ3n) is 3.96. The summed E-state index contributed by atoms with van der Waals surface area (Å²) in [7, 11) is 0. The number of nitrogens with zero attached hydrogens (tertiary/aromatic N) is 1. The average molecular weight is 349 g/mol. The minimum absolute atomic E-state index is 0.228. The summed E-state index contributed by atoms with van der Waals surface area (Å²) in [6.07, 6.45) is 3.13. The zero-order valence-corrected chi connectivity index (χ0v) is 14.7. The summed E-state index contributed by atoms with van der Waals surface area (Å²) >= 11 is 0. The summed E-state index contributed by atoms with van der Waals surface area (Å²) in [5.74, 6) is -0.227. The first-order valence-electron chi connectivity index (χ1n) is 8.41. The predicted molar refractivity (Wildman–Crippen MR) is 102 cm³/mol. The number of pyridine rings is 1. The van der Waals surface area contributed by atoms with Crippen molar-refractivity contribution in [3.8, 4) is 0 Å². The minimum Gasteiger partial charge on any atom is -0.354 e. The Morgan fingerprint density at radius 3 is 2.46 bits per heavy atom. The maximum absolute atomic E-state index is 13.0. The summed E-state index contributed by atoms with van der Waals surface area (Å²) < 4.78 is 13.0. The lowest BCUT2D eigenvalue weighted by atomic mass is 10.0. The van der Waals surface area contributed by atoms with E-state index < -0.39 is 0 Å². The molecule has 0 fully saturated rings. The van der Waals surface area contributed by atoms with Crippen LogP contribution in [-0.4, -0.2) is 10.9 Å². The van der Waals surface area contributed by atoms with E-state index in [-0.39, 0.29) is 11.7 Å². The van der Waals surface area contributed by atoms with Gasteiger partial charge in [-0.15, -0.1) is 0 Å². The lowest BCUT2D eigenvalue weighted by Gasteiger charge is -2.14. The number of aromatic nitrogens is 1. The molecule has 0 radical (unpaired) electrons. The Morgan fingerprint density at radius 2 is 1.73 bits per heavy atom. The summed E-state index contributed by atoms with van der Waals surface area (Å²) in [5, 5.41) is 6.06. The molecule has 2 N–H and O–H groups in total. The van der Waals surface area contributed by atoms with Crippen molar-refractivity contribution in [1.82, 2.24) is 4.98 Å². The van der Waals surface area contributed by atoms with Crippen molar-refractivity contribution in [2.45, 2.75) is 19.8 Å². The van der Waals surface area contributed by atoms with E-state index in [1.807, 2.05) is 24.3 Å². The van der Waals surface area contributed by atoms with Crippen LogP contribution in [0.15, 0.2) is 67.0 Å². The highest BCUT2D eigenvalue weighted by atomic mass is 19.1. The van der Waals surface area contributed by atoms with Gasteiger partial charge in [-0.05, 0) is 47.9 Å². The Balaban J connectivity index is 1.77. The molecule has 1 amide bonds. The fourth-order valence-electron chi connectivity index (χ4n) is 2.64. The Hall–Kier alpha value is -3.21. The number of hydrogen-bond donors (Lipinski definition) is 2. The second-order valence-corrected chi connectivity index (χ2v) is 6.29. The molecule has 132 valence electrons. The molecule has 0 aliphatic carbocycles. The number of nitrogens with one attached hydrogen (secondary N) is 2. The third-order valence-corrected chi connectivity index (χ3v) is 3.96. The number of hydrogen-bond acceptors (Lipinski definition) is 3. The highest BCUT2D eigenvalue weighted by Gasteiger charge is 2.12. The van der Waals surface area contributed by atoms with Gasteiger partial charge in [0.1, 0.15) is 5.82 Å². The Kier molecular flexibility index (Phi) is 5.27. The molecule has 1 aromatic heterocycles. The van der Waals surface area contributed by atoms with Crippen LogP contribution in [0.4, 0.5) is 21.5 Å². The van der Waals surface area contributed by atoms with Gasteiger partial charge in [0.05, 0.1) is 17.4 Å². The monoisotopic (exact) mass is 349 g/mol. The highest BCUT2D eigenvalue weighted by molar-refractivity contribution is 6.05. The van der Waals surface area contributed by atoms with E-state index in [2.05, 4.69) is 29.5 Å². The highest BCUT2D eigenvalue weighted by Crippen LogP contribution is 2.24. The number of carbonyl (C=O) groups is 1. The summed E-state index contributed by atoms with van der Waals surface area (Å²) in [5.41, 5.74) is 3.69. The summed E-state index contributed by atoms with van der Waals surface area (Å²) in [4.78, 5) is 16.7. The SMILES string of the molecule is CC(C)c1ccccc1NC(=O)c1cncc(Nc2ccc(F)cc2)c1. The number of para-hydroxylation sites is 1. The molecule has 5 heteroatoms. The molecule has 1 heterocycles. The van der Waals surface area contributed by atoms with E-state index >= 15 is 0 Å². The second-order valence-electron chi connectivity index (χ2n) is 6.29. The largest absolute Gasteiger partial charge is 0.354 e. The zero-order valence-electron chi connectivity index (χ0n) is 14.7. The van der Waals surface area contributed by atoms with Crippen LogP contribution in [0.25, 0.3) is 0 Å². The van der Waals surface area contributed by atoms with Gasteiger partial charge in [0, 0.05) is 17.6 Å². The fourth-order valence-corrected chi connectivity index (χ4v) is 2.64. The van der Waals surface area contributed by atoms with Crippen LogP contribution in [0.5, 0.6) is 0 Å². The van der Waals surface area contributed by atoms with E-state index in [4.69, 9.17) is 0 Å². The number of carbonyl (C=O) groups excluding carboxylic acids is 1. The van der Waals surface area contributed by atoms with Crippen LogP contribution >= 0.6 is 0 Å². The van der Waals surface area contributed by atoms with Crippen LogP contribution in [0, 0.1) is 5.82 Å². The smallest absolute Gasteiger partial charge is 0.257 e. The van der Waals surface area contributed by atoms with Crippen molar-refractivity contribution < 1.29 is 9.18 Å². The van der Waals surface area contributed by atoms with Crippen molar-refractivity contribution in [3.63, 3.8) is 0 Å². The fraction of sp³-hybridized carbons (Fsp3) is 0.143. The normalized spacial score (nSPS) is 10.6. The van der Waals surface area contributed by atoms with Crippen LogP contribution in [0.1, 0.15) is 35.7 Å². The molecule has 0 aliphatic rings. The first-order valence-corrected chi connectivity index (χ1v) is 8.41. The summed E-state index contributed by atoms with van der Waals surface area (Å²) in [6, 6.07) is 15.5. The van der Waals surface area contributed by atoms with E-state index in [0.29, 0.717) is 17.2 Å². The van der Waals surface area contributed by atoms with Crippen molar-refractivity contribution in [2.75, 3.05) is 10.6 Å². The summed E-state index contributed by atoms with van der Waals surface area (Å²) in [6.45, 7) is 4.17. The molecule has 0 atom stereocenters. The Bertz CT molecular complexity index is 907. The van der Waals surface area contributed by atoms with Gasteiger partial charge in [-0.1, -0.05) is 32.0 Å². The molecule has 2 aromatic carbocycles. The molecule has 0 saturated carbocycles. The van der Waals surface area contributed by atoms with E-state index in [9.17, 15) is 9.18 Å². The van der Waals surface area contributed by atoms with Gasteiger partial charge < -0.3 is 10.6 Å². The lowest BCUT2D eigenvalue weighted by Crippen LogP contribution is -2.14. The number of rotatable bonds is 5. The molecule has 4 nitrogen and oxygen atoms in total. The maximum Gasteiger partial charge on any atom is 0.257 e. The molecule has 26 heavy (non-hydrogen) atoms. The van der Waals surface area contributed by atoms with Gasteiger partial charge in [-0.25, -0.2) is 4.39 Å². The second kappa shape index (κ2) is 7.78. The Labute approximate surface area is 152 Å². The predicted octanol–water partition coefficient (Wildman–Crippen LogP) is 5.34. The lowest BCUT2D eigenvalue weighted by molar-refractivity contribution is 0.102. The number of halogens is 1. The molecular weight excluding hydrogens is 329 g/mol. The van der Waals surface area contributed by atoms with Gasteiger partial charge in [0.25, 0.3) is 5.91 Å². The van der Waals surface area contributed by atoms with Crippen LogP contribution in [-0.2, 0) is 0 Å². The van der Waals surface area contributed by atoms with E-state index in [1.54, 1.807) is 24.4 Å². The molecule has 0 spiro atoms. The molecule has 0 bridgehead atoms. The Morgan fingerprint density at radius 1 is 1.00 bits per heavy atom. The van der Waals surface area contributed by atoms with Crippen LogP contribution in [0.3, 0.4) is 0 Å². The first-order chi connectivity index (χ1) is 12.5. The van der Waals surface area contributed by atoms with E-state index in [1.165, 1.54) is 18.3 Å². The molecule has 0 aliphatic heterocycles. The van der Waals surface area contributed by atoms with Crippen molar-refractivity contribution in [2.24, 2.45) is 0 Å². The molecule has 0 unspecified atom stereocenters. The minimum atomic E-state index is -0.300. The quantitative estimate of drug-likeness (QED) is 0.654. The van der Waals surface area contributed by atoms with Crippen molar-refractivity contribution >= 4 is 23.0 Å². The number of benzene rings is 2. The maximum atomic E-state index is 13.0. The van der Waals surface area contributed by atoms with Crippen molar-refractivity contribution in [3.05, 3.63) is 83.9 Å². The molecule has 3 aromatic rings. The number of anilines is 3. The number of amides is 1. The topological polar surface area (TPSA) is 54.0 Å².